The fraction of sp³-hybridized carbons (Fsp3) is 0.333. The van der Waals surface area contributed by atoms with Crippen molar-refractivity contribution in [1.29, 1.82) is 5.26 Å². The standard InChI is InChI=1S/C15H19N5O4S/c1-23-13-6-11-12(7-14(13)24-2)19-9-10(8-16)15(11)18-4-3-5-20-25(17,21)22/h6-7,9,20H,3-5H2,1-2H3,(H,18,19)(H2,17,21,22). The van der Waals surface area contributed by atoms with Crippen LogP contribution in [0, 0.1) is 11.3 Å². The molecule has 2 rings (SSSR count). The zero-order valence-corrected chi connectivity index (χ0v) is 14.7. The maximum absolute atomic E-state index is 10.8. The minimum atomic E-state index is -3.70. The van der Waals surface area contributed by atoms with E-state index >= 15 is 0 Å². The van der Waals surface area contributed by atoms with Crippen molar-refractivity contribution in [3.8, 4) is 17.6 Å². The maximum Gasteiger partial charge on any atom is 0.274 e. The summed E-state index contributed by atoms with van der Waals surface area (Å²) in [5.41, 5.74) is 1.62. The summed E-state index contributed by atoms with van der Waals surface area (Å²) in [5, 5.41) is 18.0. The van der Waals surface area contributed by atoms with Gasteiger partial charge >= 0.3 is 0 Å². The number of nitrogens with two attached hydrogens (primary N) is 1. The third-order valence-corrected chi connectivity index (χ3v) is 4.06. The molecule has 1 heterocycles. The second-order valence-electron chi connectivity index (χ2n) is 5.10. The topological polar surface area (TPSA) is 139 Å². The zero-order valence-electron chi connectivity index (χ0n) is 13.9. The van der Waals surface area contributed by atoms with Crippen molar-refractivity contribution >= 4 is 26.8 Å². The van der Waals surface area contributed by atoms with E-state index in [1.807, 2.05) is 0 Å². The highest BCUT2D eigenvalue weighted by Crippen LogP contribution is 2.35. The van der Waals surface area contributed by atoms with Gasteiger partial charge in [-0.15, -0.1) is 0 Å². The number of nitrogens with one attached hydrogen (secondary N) is 2. The van der Waals surface area contributed by atoms with Gasteiger partial charge in [0.05, 0.1) is 31.0 Å². The molecule has 0 aliphatic heterocycles. The summed E-state index contributed by atoms with van der Waals surface area (Å²) in [6.45, 7) is 0.624. The van der Waals surface area contributed by atoms with E-state index < -0.39 is 10.2 Å². The normalized spacial score (nSPS) is 11.1. The van der Waals surface area contributed by atoms with E-state index in [1.54, 1.807) is 12.1 Å². The first kappa shape index (κ1) is 18.7. The molecule has 0 unspecified atom stereocenters. The molecule has 0 spiro atoms. The lowest BCUT2D eigenvalue weighted by Gasteiger charge is -2.14. The van der Waals surface area contributed by atoms with Crippen LogP contribution in [0.5, 0.6) is 11.5 Å². The SMILES string of the molecule is COc1cc2ncc(C#N)c(NCCCNS(N)(=O)=O)c2cc1OC. The Labute approximate surface area is 145 Å². The van der Waals surface area contributed by atoms with Gasteiger partial charge in [0.1, 0.15) is 6.07 Å². The molecule has 1 aromatic carbocycles. The first-order valence-electron chi connectivity index (χ1n) is 7.35. The van der Waals surface area contributed by atoms with Crippen LogP contribution in [0.3, 0.4) is 0 Å². The third kappa shape index (κ3) is 4.69. The molecular formula is C15H19N5O4S. The van der Waals surface area contributed by atoms with E-state index in [2.05, 4.69) is 21.1 Å². The highest BCUT2D eigenvalue weighted by molar-refractivity contribution is 7.87. The molecule has 0 saturated carbocycles. The van der Waals surface area contributed by atoms with Gasteiger partial charge in [0.15, 0.2) is 11.5 Å². The van der Waals surface area contributed by atoms with Crippen LogP contribution < -0.4 is 24.7 Å². The Hall–Kier alpha value is -2.61. The van der Waals surface area contributed by atoms with E-state index in [4.69, 9.17) is 14.6 Å². The minimum Gasteiger partial charge on any atom is -0.493 e. The molecule has 1 aromatic heterocycles. The number of anilines is 1. The lowest BCUT2D eigenvalue weighted by molar-refractivity contribution is 0.356. The minimum absolute atomic E-state index is 0.188. The number of hydrogen-bond acceptors (Lipinski definition) is 7. The summed E-state index contributed by atoms with van der Waals surface area (Å²) < 4.78 is 34.4. The number of aromatic nitrogens is 1. The number of nitrogens with zero attached hydrogens (tertiary/aromatic N) is 2. The van der Waals surface area contributed by atoms with Gasteiger partial charge in [-0.1, -0.05) is 0 Å². The summed E-state index contributed by atoms with van der Waals surface area (Å²) in [6, 6.07) is 5.56. The van der Waals surface area contributed by atoms with Gasteiger partial charge < -0.3 is 14.8 Å². The van der Waals surface area contributed by atoms with Crippen LogP contribution >= 0.6 is 0 Å². The van der Waals surface area contributed by atoms with Crippen molar-refractivity contribution in [3.63, 3.8) is 0 Å². The molecule has 0 atom stereocenters. The predicted molar refractivity (Wildman–Crippen MR) is 93.8 cm³/mol. The van der Waals surface area contributed by atoms with Crippen molar-refractivity contribution in [3.05, 3.63) is 23.9 Å². The number of nitriles is 1. The number of benzene rings is 1. The predicted octanol–water partition coefficient (Wildman–Crippen LogP) is 0.719. The van der Waals surface area contributed by atoms with Gasteiger partial charge in [-0.25, -0.2) is 9.86 Å². The number of rotatable bonds is 8. The van der Waals surface area contributed by atoms with Crippen LogP contribution in [-0.4, -0.2) is 40.7 Å². The van der Waals surface area contributed by atoms with Gasteiger partial charge in [-0.05, 0) is 12.5 Å². The molecule has 9 nitrogen and oxygen atoms in total. The van der Waals surface area contributed by atoms with Crippen molar-refractivity contribution in [2.75, 3.05) is 32.6 Å². The maximum atomic E-state index is 10.8. The van der Waals surface area contributed by atoms with Crippen molar-refractivity contribution < 1.29 is 17.9 Å². The van der Waals surface area contributed by atoms with Crippen molar-refractivity contribution in [1.82, 2.24) is 9.71 Å². The molecule has 0 amide bonds. The molecule has 25 heavy (non-hydrogen) atoms. The third-order valence-electron chi connectivity index (χ3n) is 3.45. The quantitative estimate of drug-likeness (QED) is 0.586. The molecule has 10 heteroatoms. The van der Waals surface area contributed by atoms with Gasteiger partial charge in [0, 0.05) is 30.7 Å². The van der Waals surface area contributed by atoms with Crippen LogP contribution in [0.1, 0.15) is 12.0 Å². The van der Waals surface area contributed by atoms with E-state index in [-0.39, 0.29) is 6.54 Å². The Bertz CT molecular complexity index is 908. The molecule has 0 aliphatic carbocycles. The fourth-order valence-corrected chi connectivity index (χ4v) is 2.74. The van der Waals surface area contributed by atoms with Crippen LogP contribution in [0.4, 0.5) is 5.69 Å². The molecule has 0 fully saturated rings. The monoisotopic (exact) mass is 365 g/mol. The number of ether oxygens (including phenoxy) is 2. The molecule has 0 radical (unpaired) electrons. The van der Waals surface area contributed by atoms with Gasteiger partial charge in [0.2, 0.25) is 0 Å². The first-order chi connectivity index (χ1) is 11.9. The van der Waals surface area contributed by atoms with Crippen LogP contribution in [-0.2, 0) is 10.2 Å². The largest absolute Gasteiger partial charge is 0.493 e. The molecule has 2 aromatic rings. The Morgan fingerprint density at radius 1 is 1.24 bits per heavy atom. The summed E-state index contributed by atoms with van der Waals surface area (Å²) in [5.74, 6) is 1.06. The number of methoxy groups -OCH3 is 2. The molecule has 4 N–H and O–H groups in total. The van der Waals surface area contributed by atoms with E-state index in [0.29, 0.717) is 46.6 Å². The summed E-state index contributed by atoms with van der Waals surface area (Å²) in [6.07, 6.45) is 1.96. The Balaban J connectivity index is 2.28. The average Bonchev–Trinajstić information content (AvgIpc) is 2.59. The molecule has 0 saturated heterocycles. The summed E-state index contributed by atoms with van der Waals surface area (Å²) >= 11 is 0. The number of pyridine rings is 1. The van der Waals surface area contributed by atoms with Crippen molar-refractivity contribution in [2.24, 2.45) is 5.14 Å². The number of hydrogen-bond donors (Lipinski definition) is 3. The summed E-state index contributed by atoms with van der Waals surface area (Å²) in [4.78, 5) is 4.27. The molecule has 134 valence electrons. The second kappa shape index (κ2) is 7.98. The molecule has 0 bridgehead atoms. The highest BCUT2D eigenvalue weighted by Gasteiger charge is 2.13. The summed E-state index contributed by atoms with van der Waals surface area (Å²) in [7, 11) is -0.646. The fourth-order valence-electron chi connectivity index (χ4n) is 2.31. The Kier molecular flexibility index (Phi) is 5.97. The second-order valence-corrected chi connectivity index (χ2v) is 6.48. The van der Waals surface area contributed by atoms with E-state index in [1.165, 1.54) is 20.4 Å². The molecular weight excluding hydrogens is 346 g/mol. The first-order valence-corrected chi connectivity index (χ1v) is 8.90. The van der Waals surface area contributed by atoms with Crippen LogP contribution in [0.25, 0.3) is 10.9 Å². The highest BCUT2D eigenvalue weighted by atomic mass is 32.2. The lowest BCUT2D eigenvalue weighted by atomic mass is 10.1. The lowest BCUT2D eigenvalue weighted by Crippen LogP contribution is -2.32. The van der Waals surface area contributed by atoms with Crippen LogP contribution in [0.2, 0.25) is 0 Å². The average molecular weight is 365 g/mol. The number of fused-ring (bicyclic) bond motifs is 1. The van der Waals surface area contributed by atoms with Crippen LogP contribution in [0.15, 0.2) is 18.3 Å². The Morgan fingerprint density at radius 3 is 2.52 bits per heavy atom. The molecule has 0 aliphatic rings. The smallest absolute Gasteiger partial charge is 0.274 e. The van der Waals surface area contributed by atoms with E-state index in [9.17, 15) is 13.7 Å². The zero-order chi connectivity index (χ0) is 18.4. The Morgan fingerprint density at radius 2 is 1.92 bits per heavy atom. The van der Waals surface area contributed by atoms with Gasteiger partial charge in [-0.3, -0.25) is 4.98 Å². The van der Waals surface area contributed by atoms with Gasteiger partial charge in [0.25, 0.3) is 10.2 Å². The van der Waals surface area contributed by atoms with Crippen molar-refractivity contribution in [2.45, 2.75) is 6.42 Å². The van der Waals surface area contributed by atoms with Gasteiger partial charge in [-0.2, -0.15) is 13.7 Å². The van der Waals surface area contributed by atoms with E-state index in [0.717, 1.165) is 0 Å².